The van der Waals surface area contributed by atoms with Crippen LogP contribution in [0.2, 0.25) is 10.0 Å². The summed E-state index contributed by atoms with van der Waals surface area (Å²) in [6.07, 6.45) is 5.18. The molecule has 236 valence electrons. The van der Waals surface area contributed by atoms with Gasteiger partial charge in [0.25, 0.3) is 5.91 Å². The Morgan fingerprint density at radius 2 is 1.28 bits per heavy atom. The van der Waals surface area contributed by atoms with Crippen molar-refractivity contribution in [3.8, 4) is 0 Å². The highest BCUT2D eigenvalue weighted by atomic mass is 35.5. The van der Waals surface area contributed by atoms with E-state index in [-0.39, 0.29) is 21.5 Å². The van der Waals surface area contributed by atoms with E-state index in [2.05, 4.69) is 13.2 Å². The van der Waals surface area contributed by atoms with Crippen molar-refractivity contribution in [3.05, 3.63) is 89.0 Å². The molecule has 43 heavy (non-hydrogen) atoms. The first-order chi connectivity index (χ1) is 20.1. The van der Waals surface area contributed by atoms with Crippen LogP contribution in [0.3, 0.4) is 0 Å². The van der Waals surface area contributed by atoms with Gasteiger partial charge in [-0.3, -0.25) is 9.59 Å². The molecule has 0 saturated carbocycles. The maximum Gasteiger partial charge on any atom is 0.311 e. The quantitative estimate of drug-likeness (QED) is 0.259. The molecule has 4 rings (SSSR count). The van der Waals surface area contributed by atoms with E-state index >= 15 is 0 Å². The summed E-state index contributed by atoms with van der Waals surface area (Å²) >= 11 is 16.4. The summed E-state index contributed by atoms with van der Waals surface area (Å²) in [6, 6.07) is 6.94. The maximum atomic E-state index is 13.1. The summed E-state index contributed by atoms with van der Waals surface area (Å²) in [5.74, 6) is -2.08. The summed E-state index contributed by atoms with van der Waals surface area (Å²) in [4.78, 5) is 21.5. The van der Waals surface area contributed by atoms with Crippen molar-refractivity contribution in [2.24, 2.45) is 0 Å². The van der Waals surface area contributed by atoms with Gasteiger partial charge in [-0.1, -0.05) is 42.4 Å². The van der Waals surface area contributed by atoms with Crippen LogP contribution in [0.15, 0.2) is 61.7 Å². The molecule has 2 aliphatic rings. The molecule has 2 aliphatic heterocycles. The smallest absolute Gasteiger partial charge is 0.276 e. The molecule has 1 amide bonds. The number of anilines is 1. The molecule has 0 aromatic heterocycles. The van der Waals surface area contributed by atoms with Crippen molar-refractivity contribution in [2.75, 3.05) is 30.5 Å². The van der Waals surface area contributed by atoms with Gasteiger partial charge < -0.3 is 0 Å². The molecule has 9 nitrogen and oxygen atoms in total. The zero-order chi connectivity index (χ0) is 32.4. The van der Waals surface area contributed by atoms with E-state index in [9.17, 15) is 35.2 Å². The van der Waals surface area contributed by atoms with Gasteiger partial charge in [0.05, 0.1) is 16.5 Å². The standard InChI is InChI=1S/C13H14ClFN2O3S.C11H13ClFNO2S.C3H3ClO/c1-2-13(18)17(12-6-5-10(15)9-11(12)14)21(19,20)16-7-3-4-8-16;12-11-7-10(13)4-3-9(11)8-17(15,16)14-5-1-2-6-14;1-2-3(4)5/h2,5-6,9H,1,3-4,7-8H2;3-4,7H,1-2,5-6,8H2;2H,1H2. The van der Waals surface area contributed by atoms with Crippen LogP contribution in [0.4, 0.5) is 14.5 Å². The normalized spacial score (nSPS) is 15.5. The van der Waals surface area contributed by atoms with E-state index in [0.29, 0.717) is 36.0 Å². The lowest BCUT2D eigenvalue weighted by molar-refractivity contribution is -0.113. The first-order valence-corrected chi connectivity index (χ1v) is 16.9. The second kappa shape index (κ2) is 16.6. The SMILES string of the molecule is C=CC(=O)Cl.C=CC(=O)N(c1ccc(F)cc1Cl)S(=O)(=O)N1CCCC1.O=S(=O)(Cc1ccc(F)cc1Cl)N1CCCC1. The van der Waals surface area contributed by atoms with Crippen LogP contribution in [0.1, 0.15) is 31.2 Å². The summed E-state index contributed by atoms with van der Waals surface area (Å²) < 4.78 is 78.4. The molecule has 0 aliphatic carbocycles. The number of carbonyl (C=O) groups is 2. The number of hydrogen-bond donors (Lipinski definition) is 0. The number of carbonyl (C=O) groups excluding carboxylic acids is 2. The van der Waals surface area contributed by atoms with Crippen molar-refractivity contribution < 1.29 is 35.2 Å². The number of amides is 1. The second-order valence-electron chi connectivity index (χ2n) is 9.12. The molecule has 2 fully saturated rings. The second-order valence-corrected chi connectivity index (χ2v) is 14.1. The third-order valence-electron chi connectivity index (χ3n) is 6.10. The van der Waals surface area contributed by atoms with Gasteiger partial charge in [-0.15, -0.1) is 0 Å². The maximum absolute atomic E-state index is 13.1. The molecule has 2 aromatic carbocycles. The first-order valence-electron chi connectivity index (χ1n) is 12.8. The van der Waals surface area contributed by atoms with Gasteiger partial charge in [-0.2, -0.15) is 17.0 Å². The van der Waals surface area contributed by atoms with E-state index in [1.807, 2.05) is 0 Å². The number of sulfonamides is 1. The minimum absolute atomic E-state index is 0.0881. The summed E-state index contributed by atoms with van der Waals surface area (Å²) in [7, 11) is -7.38. The number of benzene rings is 2. The fraction of sp³-hybridized carbons (Fsp3) is 0.333. The Balaban J connectivity index is 0.000000264. The van der Waals surface area contributed by atoms with Crippen LogP contribution in [0.25, 0.3) is 0 Å². The minimum atomic E-state index is -4.06. The lowest BCUT2D eigenvalue weighted by Crippen LogP contribution is -2.45. The summed E-state index contributed by atoms with van der Waals surface area (Å²) in [5, 5.41) is -0.509. The van der Waals surface area contributed by atoms with Gasteiger partial charge in [0.2, 0.25) is 15.3 Å². The predicted molar refractivity (Wildman–Crippen MR) is 165 cm³/mol. The van der Waals surface area contributed by atoms with Crippen LogP contribution >= 0.6 is 34.8 Å². The molecule has 2 saturated heterocycles. The Morgan fingerprint density at radius 1 is 0.814 bits per heavy atom. The number of halogens is 5. The Labute approximate surface area is 265 Å². The molecule has 0 atom stereocenters. The molecule has 2 aromatic rings. The Morgan fingerprint density at radius 3 is 1.72 bits per heavy atom. The Bertz CT molecular complexity index is 1550. The predicted octanol–water partition coefficient (Wildman–Crippen LogP) is 5.68. The summed E-state index contributed by atoms with van der Waals surface area (Å²) in [5.41, 5.74) is 0.356. The Kier molecular flexibility index (Phi) is 14.2. The fourth-order valence-corrected chi connectivity index (χ4v) is 7.93. The lowest BCUT2D eigenvalue weighted by atomic mass is 10.2. The molecule has 0 bridgehead atoms. The van der Waals surface area contributed by atoms with E-state index in [4.69, 9.17) is 34.8 Å². The molecule has 0 spiro atoms. The van der Waals surface area contributed by atoms with Crippen molar-refractivity contribution in [3.63, 3.8) is 0 Å². The van der Waals surface area contributed by atoms with Gasteiger partial charge in [0.15, 0.2) is 0 Å². The average Bonchev–Trinajstić information content (AvgIpc) is 3.68. The molecular weight excluding hydrogens is 671 g/mol. The fourth-order valence-electron chi connectivity index (χ4n) is 4.01. The third kappa shape index (κ3) is 10.6. The van der Waals surface area contributed by atoms with Gasteiger partial charge in [-0.25, -0.2) is 21.5 Å². The highest BCUT2D eigenvalue weighted by molar-refractivity contribution is 7.91. The molecule has 2 heterocycles. The van der Waals surface area contributed by atoms with E-state index in [0.717, 1.165) is 62.1 Å². The molecule has 16 heteroatoms. The van der Waals surface area contributed by atoms with Crippen molar-refractivity contribution in [1.82, 2.24) is 8.61 Å². The van der Waals surface area contributed by atoms with Crippen molar-refractivity contribution in [2.45, 2.75) is 31.4 Å². The first kappa shape index (κ1) is 36.8. The van der Waals surface area contributed by atoms with Crippen LogP contribution in [-0.4, -0.2) is 62.8 Å². The van der Waals surface area contributed by atoms with Crippen LogP contribution in [-0.2, 0) is 35.6 Å². The van der Waals surface area contributed by atoms with Crippen LogP contribution < -0.4 is 4.31 Å². The highest BCUT2D eigenvalue weighted by Gasteiger charge is 2.36. The van der Waals surface area contributed by atoms with Crippen molar-refractivity contribution in [1.29, 1.82) is 0 Å². The highest BCUT2D eigenvalue weighted by Crippen LogP contribution is 2.31. The van der Waals surface area contributed by atoms with Gasteiger partial charge in [0, 0.05) is 31.2 Å². The largest absolute Gasteiger partial charge is 0.311 e. The van der Waals surface area contributed by atoms with Gasteiger partial charge in [-0.05, 0) is 85.3 Å². The number of nitrogens with zero attached hydrogens (tertiary/aromatic N) is 3. The minimum Gasteiger partial charge on any atom is -0.276 e. The average molecular weight is 701 g/mol. The topological polar surface area (TPSA) is 112 Å². The summed E-state index contributed by atoms with van der Waals surface area (Å²) in [6.45, 7) is 8.19. The zero-order valence-corrected chi connectivity index (χ0v) is 26.8. The van der Waals surface area contributed by atoms with E-state index < -0.39 is 43.0 Å². The van der Waals surface area contributed by atoms with E-state index in [1.165, 1.54) is 20.7 Å². The lowest BCUT2D eigenvalue weighted by Gasteiger charge is -2.27. The monoisotopic (exact) mass is 699 g/mol. The number of rotatable bonds is 8. The van der Waals surface area contributed by atoms with Crippen LogP contribution in [0, 0.1) is 11.6 Å². The van der Waals surface area contributed by atoms with Gasteiger partial charge in [0.1, 0.15) is 11.6 Å². The van der Waals surface area contributed by atoms with Crippen LogP contribution in [0.5, 0.6) is 0 Å². The van der Waals surface area contributed by atoms with Crippen molar-refractivity contribution >= 4 is 71.9 Å². The Hall–Kier alpha value is -2.39. The number of hydrogen-bond acceptors (Lipinski definition) is 6. The van der Waals surface area contributed by atoms with E-state index in [1.54, 1.807) is 0 Å². The van der Waals surface area contributed by atoms with Gasteiger partial charge >= 0.3 is 10.2 Å². The zero-order valence-electron chi connectivity index (χ0n) is 22.9. The molecule has 0 unspecified atom stereocenters. The molecule has 0 radical (unpaired) electrons. The number of allylic oxidation sites excluding steroid dienone is 1. The molecular formula is C27H30Cl3F2N3O6S2. The third-order valence-corrected chi connectivity index (χ3v) is 10.6. The molecule has 0 N–H and O–H groups in total.